The van der Waals surface area contributed by atoms with Crippen LogP contribution in [0.3, 0.4) is 0 Å². The Labute approximate surface area is 155 Å². The van der Waals surface area contributed by atoms with E-state index in [0.29, 0.717) is 12.6 Å². The second-order valence-corrected chi connectivity index (χ2v) is 6.74. The third-order valence-electron chi connectivity index (χ3n) is 3.42. The molecule has 7 heteroatoms. The molecule has 0 aromatic carbocycles. The minimum absolute atomic E-state index is 0. The predicted molar refractivity (Wildman–Crippen MR) is 107 cm³/mol. The molecule has 128 valence electrons. The summed E-state index contributed by atoms with van der Waals surface area (Å²) >= 11 is 1.78. The first-order chi connectivity index (χ1) is 9.89. The van der Waals surface area contributed by atoms with Gasteiger partial charge in [0, 0.05) is 32.1 Å². The molecule has 1 aromatic rings. The van der Waals surface area contributed by atoms with E-state index in [1.807, 2.05) is 13.8 Å². The van der Waals surface area contributed by atoms with E-state index in [9.17, 15) is 0 Å². The molecule has 0 saturated heterocycles. The van der Waals surface area contributed by atoms with Gasteiger partial charge >= 0.3 is 0 Å². The van der Waals surface area contributed by atoms with Gasteiger partial charge in [-0.25, -0.2) is 0 Å². The fourth-order valence-electron chi connectivity index (χ4n) is 1.80. The lowest BCUT2D eigenvalue weighted by molar-refractivity contribution is 0.0268. The lowest BCUT2D eigenvalue weighted by Gasteiger charge is -2.27. The van der Waals surface area contributed by atoms with Gasteiger partial charge in [-0.05, 0) is 39.4 Å². The Bertz CT molecular complexity index is 435. The summed E-state index contributed by atoms with van der Waals surface area (Å²) in [4.78, 5) is 7.82. The molecule has 5 nitrogen and oxygen atoms in total. The molecule has 0 saturated carbocycles. The van der Waals surface area contributed by atoms with E-state index in [-0.39, 0.29) is 29.6 Å². The zero-order chi connectivity index (χ0) is 15.9. The van der Waals surface area contributed by atoms with Crippen molar-refractivity contribution in [3.05, 3.63) is 22.4 Å². The van der Waals surface area contributed by atoms with Gasteiger partial charge in [0.1, 0.15) is 0 Å². The fourth-order valence-corrected chi connectivity index (χ4v) is 2.72. The third-order valence-corrected chi connectivity index (χ3v) is 4.39. The Morgan fingerprint density at radius 3 is 2.55 bits per heavy atom. The number of nitrogens with one attached hydrogen (secondary N) is 2. The maximum absolute atomic E-state index is 5.40. The van der Waals surface area contributed by atoms with Crippen LogP contribution in [0, 0.1) is 0 Å². The summed E-state index contributed by atoms with van der Waals surface area (Å²) in [6.07, 6.45) is 0. The highest BCUT2D eigenvalue weighted by Crippen LogP contribution is 2.22. The maximum atomic E-state index is 5.40. The molecule has 0 aliphatic carbocycles. The van der Waals surface area contributed by atoms with E-state index in [2.05, 4.69) is 52.1 Å². The van der Waals surface area contributed by atoms with Crippen LogP contribution in [0.2, 0.25) is 0 Å². The second kappa shape index (κ2) is 10.4. The minimum atomic E-state index is -0.216. The van der Waals surface area contributed by atoms with Gasteiger partial charge in [0.15, 0.2) is 5.96 Å². The van der Waals surface area contributed by atoms with Gasteiger partial charge < -0.3 is 20.3 Å². The number of rotatable bonds is 7. The first-order valence-corrected chi connectivity index (χ1v) is 7.97. The van der Waals surface area contributed by atoms with Gasteiger partial charge in [0.05, 0.1) is 11.6 Å². The van der Waals surface area contributed by atoms with Crippen LogP contribution in [-0.4, -0.2) is 57.8 Å². The summed E-state index contributed by atoms with van der Waals surface area (Å²) in [5, 5.41) is 8.79. The maximum Gasteiger partial charge on any atom is 0.191 e. The van der Waals surface area contributed by atoms with Gasteiger partial charge in [0.25, 0.3) is 0 Å². The Morgan fingerprint density at radius 2 is 2.09 bits per heavy atom. The molecule has 2 N–H and O–H groups in total. The molecule has 1 unspecified atom stereocenters. The highest BCUT2D eigenvalue weighted by molar-refractivity contribution is 14.0. The number of hydrogen-bond donors (Lipinski definition) is 2. The largest absolute Gasteiger partial charge is 0.377 e. The zero-order valence-corrected chi connectivity index (χ0v) is 17.5. The van der Waals surface area contributed by atoms with Crippen molar-refractivity contribution >= 4 is 41.3 Å². The van der Waals surface area contributed by atoms with Gasteiger partial charge in [0.2, 0.25) is 0 Å². The van der Waals surface area contributed by atoms with E-state index in [0.717, 1.165) is 12.5 Å². The first-order valence-electron chi connectivity index (χ1n) is 7.09. The number of likely N-dealkylation sites (N-methyl/N-ethyl adjacent to an activating group) is 1. The van der Waals surface area contributed by atoms with Crippen LogP contribution >= 0.6 is 35.3 Å². The van der Waals surface area contributed by atoms with Crippen LogP contribution in [0.1, 0.15) is 24.8 Å². The summed E-state index contributed by atoms with van der Waals surface area (Å²) in [6.45, 7) is 5.60. The summed E-state index contributed by atoms with van der Waals surface area (Å²) in [7, 11) is 7.69. The number of nitrogens with zero attached hydrogens (tertiary/aromatic N) is 2. The summed E-state index contributed by atoms with van der Waals surface area (Å²) in [5.41, 5.74) is -0.216. The highest BCUT2D eigenvalue weighted by Gasteiger charge is 2.18. The van der Waals surface area contributed by atoms with Crippen molar-refractivity contribution < 1.29 is 4.74 Å². The Morgan fingerprint density at radius 1 is 1.41 bits per heavy atom. The second-order valence-electron chi connectivity index (χ2n) is 5.77. The molecule has 1 heterocycles. The summed E-state index contributed by atoms with van der Waals surface area (Å²) in [5.74, 6) is 0.795. The fraction of sp³-hybridized carbons (Fsp3) is 0.667. The Hall–Kier alpha value is -0.380. The molecule has 0 aliphatic heterocycles. The molecule has 1 aromatic heterocycles. The molecule has 0 fully saturated rings. The molecule has 22 heavy (non-hydrogen) atoms. The van der Waals surface area contributed by atoms with Gasteiger partial charge in [-0.15, -0.1) is 35.3 Å². The van der Waals surface area contributed by atoms with Crippen molar-refractivity contribution in [3.8, 4) is 0 Å². The number of aliphatic imine (C=N–C) groups is 1. The van der Waals surface area contributed by atoms with Gasteiger partial charge in [-0.3, -0.25) is 4.99 Å². The smallest absolute Gasteiger partial charge is 0.191 e. The van der Waals surface area contributed by atoms with Crippen molar-refractivity contribution in [2.45, 2.75) is 25.5 Å². The van der Waals surface area contributed by atoms with Crippen molar-refractivity contribution in [1.82, 2.24) is 15.5 Å². The SMILES string of the molecule is CN=C(NCC(c1cccs1)N(C)C)NCC(C)(C)OC.I. The molecular weight excluding hydrogens is 411 g/mol. The average Bonchev–Trinajstić information content (AvgIpc) is 2.96. The lowest BCUT2D eigenvalue weighted by atomic mass is 10.1. The topological polar surface area (TPSA) is 48.9 Å². The van der Waals surface area contributed by atoms with E-state index in [4.69, 9.17) is 4.74 Å². The van der Waals surface area contributed by atoms with Crippen LogP contribution < -0.4 is 10.6 Å². The molecule has 1 atom stereocenters. The van der Waals surface area contributed by atoms with Crippen LogP contribution in [0.5, 0.6) is 0 Å². The number of ether oxygens (including phenoxy) is 1. The van der Waals surface area contributed by atoms with E-state index < -0.39 is 0 Å². The number of guanidine groups is 1. The van der Waals surface area contributed by atoms with Gasteiger partial charge in [-0.1, -0.05) is 6.07 Å². The quantitative estimate of drug-likeness (QED) is 0.389. The standard InChI is InChI=1S/C15H28N4OS.HI/c1-15(2,20-6)11-18-14(16-3)17-10-12(19(4)5)13-8-7-9-21-13;/h7-9,12H,10-11H2,1-6H3,(H2,16,17,18);1H. The average molecular weight is 440 g/mol. The summed E-state index contributed by atoms with van der Waals surface area (Å²) in [6, 6.07) is 4.59. The lowest BCUT2D eigenvalue weighted by Crippen LogP contribution is -2.47. The normalized spacial score (nSPS) is 13.7. The number of halogens is 1. The van der Waals surface area contributed by atoms with E-state index in [1.54, 1.807) is 25.5 Å². The molecule has 0 aliphatic rings. The van der Waals surface area contributed by atoms with Gasteiger partial charge in [-0.2, -0.15) is 0 Å². The van der Waals surface area contributed by atoms with Crippen LogP contribution in [0.15, 0.2) is 22.5 Å². The van der Waals surface area contributed by atoms with Crippen molar-refractivity contribution in [3.63, 3.8) is 0 Å². The number of thiophene rings is 1. The Kier molecular flexibility index (Phi) is 10.2. The molecule has 0 amide bonds. The monoisotopic (exact) mass is 440 g/mol. The van der Waals surface area contributed by atoms with E-state index in [1.165, 1.54) is 4.88 Å². The molecule has 0 radical (unpaired) electrons. The molecule has 0 spiro atoms. The minimum Gasteiger partial charge on any atom is -0.377 e. The van der Waals surface area contributed by atoms with Crippen LogP contribution in [0.4, 0.5) is 0 Å². The molecule has 1 rings (SSSR count). The summed E-state index contributed by atoms with van der Waals surface area (Å²) < 4.78 is 5.40. The van der Waals surface area contributed by atoms with Crippen LogP contribution in [0.25, 0.3) is 0 Å². The van der Waals surface area contributed by atoms with Crippen molar-refractivity contribution in [2.24, 2.45) is 4.99 Å². The van der Waals surface area contributed by atoms with Crippen LogP contribution in [-0.2, 0) is 4.74 Å². The molecule has 0 bridgehead atoms. The Balaban J connectivity index is 0.00000441. The predicted octanol–water partition coefficient (Wildman–Crippen LogP) is 2.56. The van der Waals surface area contributed by atoms with Crippen molar-refractivity contribution in [1.29, 1.82) is 0 Å². The zero-order valence-electron chi connectivity index (χ0n) is 14.3. The number of hydrogen-bond acceptors (Lipinski definition) is 4. The first kappa shape index (κ1) is 21.6. The van der Waals surface area contributed by atoms with Crippen molar-refractivity contribution in [2.75, 3.05) is 41.3 Å². The number of methoxy groups -OCH3 is 1. The molecular formula is C15H29IN4OS. The van der Waals surface area contributed by atoms with E-state index >= 15 is 0 Å². The third kappa shape index (κ3) is 7.26. The highest BCUT2D eigenvalue weighted by atomic mass is 127.